The van der Waals surface area contributed by atoms with Gasteiger partial charge in [-0.1, -0.05) is 0 Å². The van der Waals surface area contributed by atoms with Crippen molar-refractivity contribution in [3.05, 3.63) is 12.4 Å². The predicted octanol–water partition coefficient (Wildman–Crippen LogP) is 0.673. The molecule has 0 aromatic carbocycles. The lowest BCUT2D eigenvalue weighted by molar-refractivity contribution is 0.375. The summed E-state index contributed by atoms with van der Waals surface area (Å²) in [4.78, 5) is 11.1. The Kier molecular flexibility index (Phi) is 2.84. The van der Waals surface area contributed by atoms with Gasteiger partial charge >= 0.3 is 0 Å². The van der Waals surface area contributed by atoms with Gasteiger partial charge in [-0.3, -0.25) is 4.98 Å². The Morgan fingerprint density at radius 1 is 1.41 bits per heavy atom. The fraction of sp³-hybridized carbons (Fsp3) is 0.667. The molecular formula is C12H18N4O. The van der Waals surface area contributed by atoms with Crippen molar-refractivity contribution in [1.29, 1.82) is 0 Å². The van der Waals surface area contributed by atoms with Gasteiger partial charge < -0.3 is 15.0 Å². The summed E-state index contributed by atoms with van der Waals surface area (Å²) in [6.07, 6.45) is 6.05. The van der Waals surface area contributed by atoms with Gasteiger partial charge in [-0.25, -0.2) is 0 Å². The Morgan fingerprint density at radius 3 is 3.24 bits per heavy atom. The minimum Gasteiger partial charge on any atom is -0.480 e. The molecule has 92 valence electrons. The standard InChI is InChI=1S/C12H18N4O/c1-17-12-8-14-7-11(15-12)16-4-2-3-9-5-13-6-10(9)16/h7-10,13H,2-6H2,1H3. The van der Waals surface area contributed by atoms with E-state index in [4.69, 9.17) is 4.74 Å². The third-order valence-electron chi connectivity index (χ3n) is 3.78. The second-order valence-electron chi connectivity index (χ2n) is 4.74. The highest BCUT2D eigenvalue weighted by atomic mass is 16.5. The van der Waals surface area contributed by atoms with Gasteiger partial charge in [0.2, 0.25) is 5.88 Å². The number of fused-ring (bicyclic) bond motifs is 1. The van der Waals surface area contributed by atoms with Crippen molar-refractivity contribution in [3.8, 4) is 5.88 Å². The van der Waals surface area contributed by atoms with Gasteiger partial charge in [0.25, 0.3) is 0 Å². The van der Waals surface area contributed by atoms with Crippen molar-refractivity contribution in [2.24, 2.45) is 5.92 Å². The highest BCUT2D eigenvalue weighted by Crippen LogP contribution is 2.30. The molecular weight excluding hydrogens is 216 g/mol. The van der Waals surface area contributed by atoms with Gasteiger partial charge in [0.05, 0.1) is 19.5 Å². The maximum atomic E-state index is 5.14. The molecule has 5 nitrogen and oxygen atoms in total. The first-order chi connectivity index (χ1) is 8.38. The molecule has 2 fully saturated rings. The Hall–Kier alpha value is -1.36. The predicted molar refractivity (Wildman–Crippen MR) is 65.3 cm³/mol. The molecule has 0 aliphatic carbocycles. The second-order valence-corrected chi connectivity index (χ2v) is 4.74. The van der Waals surface area contributed by atoms with Crippen LogP contribution in [0.2, 0.25) is 0 Å². The van der Waals surface area contributed by atoms with Crippen molar-refractivity contribution in [2.75, 3.05) is 31.6 Å². The van der Waals surface area contributed by atoms with Crippen LogP contribution in [0.15, 0.2) is 12.4 Å². The summed E-state index contributed by atoms with van der Waals surface area (Å²) in [5.41, 5.74) is 0. The molecule has 3 rings (SSSR count). The Balaban J connectivity index is 1.86. The number of rotatable bonds is 2. The van der Waals surface area contributed by atoms with E-state index in [2.05, 4.69) is 20.2 Å². The summed E-state index contributed by atoms with van der Waals surface area (Å²) in [6.45, 7) is 3.27. The lowest BCUT2D eigenvalue weighted by atomic mass is 9.92. The van der Waals surface area contributed by atoms with Gasteiger partial charge in [0.15, 0.2) is 5.82 Å². The summed E-state index contributed by atoms with van der Waals surface area (Å²) in [6, 6.07) is 0.574. The molecule has 0 amide bonds. The molecule has 2 unspecified atom stereocenters. The zero-order valence-corrected chi connectivity index (χ0v) is 10.1. The molecule has 0 bridgehead atoms. The van der Waals surface area contributed by atoms with E-state index in [0.29, 0.717) is 11.9 Å². The SMILES string of the molecule is COc1cncc(N2CCCC3CNCC32)n1. The number of piperidine rings is 1. The monoisotopic (exact) mass is 234 g/mol. The zero-order chi connectivity index (χ0) is 11.7. The third kappa shape index (κ3) is 1.95. The van der Waals surface area contributed by atoms with E-state index in [1.165, 1.54) is 12.8 Å². The van der Waals surface area contributed by atoms with Crippen molar-refractivity contribution in [2.45, 2.75) is 18.9 Å². The number of nitrogens with zero attached hydrogens (tertiary/aromatic N) is 3. The summed E-state index contributed by atoms with van der Waals surface area (Å²) < 4.78 is 5.14. The molecule has 1 aromatic rings. The largest absolute Gasteiger partial charge is 0.480 e. The van der Waals surface area contributed by atoms with Crippen LogP contribution in [0.1, 0.15) is 12.8 Å². The van der Waals surface area contributed by atoms with Gasteiger partial charge in [-0.05, 0) is 18.8 Å². The molecule has 5 heteroatoms. The van der Waals surface area contributed by atoms with E-state index in [1.807, 2.05) is 6.20 Å². The molecule has 1 aromatic heterocycles. The molecule has 0 radical (unpaired) electrons. The summed E-state index contributed by atoms with van der Waals surface area (Å²) >= 11 is 0. The second kappa shape index (κ2) is 4.49. The summed E-state index contributed by atoms with van der Waals surface area (Å²) in [7, 11) is 1.63. The van der Waals surface area contributed by atoms with Crippen molar-refractivity contribution >= 4 is 5.82 Å². The molecule has 2 saturated heterocycles. The van der Waals surface area contributed by atoms with E-state index in [1.54, 1.807) is 13.3 Å². The summed E-state index contributed by atoms with van der Waals surface area (Å²) in [5.74, 6) is 2.30. The van der Waals surface area contributed by atoms with Crippen LogP contribution in [0.25, 0.3) is 0 Å². The topological polar surface area (TPSA) is 50.3 Å². The number of anilines is 1. The van der Waals surface area contributed by atoms with Gasteiger partial charge in [0, 0.05) is 25.7 Å². The third-order valence-corrected chi connectivity index (χ3v) is 3.78. The molecule has 2 aliphatic rings. The van der Waals surface area contributed by atoms with Crippen LogP contribution in [0, 0.1) is 5.92 Å². The van der Waals surface area contributed by atoms with Crippen molar-refractivity contribution < 1.29 is 4.74 Å². The number of nitrogens with one attached hydrogen (secondary N) is 1. The van der Waals surface area contributed by atoms with Crippen LogP contribution >= 0.6 is 0 Å². The highest BCUT2D eigenvalue weighted by Gasteiger charge is 2.35. The molecule has 0 spiro atoms. The maximum absolute atomic E-state index is 5.14. The molecule has 1 N–H and O–H groups in total. The van der Waals surface area contributed by atoms with E-state index < -0.39 is 0 Å². The molecule has 2 aliphatic heterocycles. The van der Waals surface area contributed by atoms with Crippen molar-refractivity contribution in [1.82, 2.24) is 15.3 Å². The van der Waals surface area contributed by atoms with Crippen LogP contribution in [-0.4, -0.2) is 42.8 Å². The van der Waals surface area contributed by atoms with E-state index in [-0.39, 0.29) is 0 Å². The Morgan fingerprint density at radius 2 is 2.35 bits per heavy atom. The van der Waals surface area contributed by atoms with Gasteiger partial charge in [0.1, 0.15) is 0 Å². The fourth-order valence-corrected chi connectivity index (χ4v) is 2.93. The van der Waals surface area contributed by atoms with Gasteiger partial charge in [-0.2, -0.15) is 4.98 Å². The average Bonchev–Trinajstić information content (AvgIpc) is 2.87. The van der Waals surface area contributed by atoms with Crippen LogP contribution in [-0.2, 0) is 0 Å². The number of ether oxygens (including phenoxy) is 1. The first-order valence-corrected chi connectivity index (χ1v) is 6.22. The fourth-order valence-electron chi connectivity index (χ4n) is 2.93. The minimum atomic E-state index is 0.574. The normalized spacial score (nSPS) is 27.9. The Labute approximate surface area is 101 Å². The number of methoxy groups -OCH3 is 1. The van der Waals surface area contributed by atoms with Crippen molar-refractivity contribution in [3.63, 3.8) is 0 Å². The average molecular weight is 234 g/mol. The first kappa shape index (κ1) is 10.8. The van der Waals surface area contributed by atoms with E-state index >= 15 is 0 Å². The number of hydrogen-bond donors (Lipinski definition) is 1. The van der Waals surface area contributed by atoms with Crippen LogP contribution in [0.5, 0.6) is 5.88 Å². The van der Waals surface area contributed by atoms with Crippen LogP contribution in [0.4, 0.5) is 5.82 Å². The number of hydrogen-bond acceptors (Lipinski definition) is 5. The first-order valence-electron chi connectivity index (χ1n) is 6.22. The molecule has 17 heavy (non-hydrogen) atoms. The summed E-state index contributed by atoms with van der Waals surface area (Å²) in [5, 5.41) is 3.47. The van der Waals surface area contributed by atoms with E-state index in [0.717, 1.165) is 31.4 Å². The van der Waals surface area contributed by atoms with Gasteiger partial charge in [-0.15, -0.1) is 0 Å². The zero-order valence-electron chi connectivity index (χ0n) is 10.1. The van der Waals surface area contributed by atoms with Crippen LogP contribution < -0.4 is 15.0 Å². The van der Waals surface area contributed by atoms with Crippen LogP contribution in [0.3, 0.4) is 0 Å². The maximum Gasteiger partial charge on any atom is 0.233 e. The lowest BCUT2D eigenvalue weighted by Gasteiger charge is -2.37. The highest BCUT2D eigenvalue weighted by molar-refractivity contribution is 5.40. The Bertz CT molecular complexity index is 398. The number of aromatic nitrogens is 2. The molecule has 3 heterocycles. The molecule has 0 saturated carbocycles. The minimum absolute atomic E-state index is 0.574. The smallest absolute Gasteiger partial charge is 0.233 e. The molecule has 2 atom stereocenters. The quantitative estimate of drug-likeness (QED) is 0.815. The lowest BCUT2D eigenvalue weighted by Crippen LogP contribution is -2.45. The van der Waals surface area contributed by atoms with E-state index in [9.17, 15) is 0 Å².